The van der Waals surface area contributed by atoms with Crippen molar-refractivity contribution in [3.8, 4) is 45.4 Å². The maximum absolute atomic E-state index is 5.74. The van der Waals surface area contributed by atoms with E-state index in [1.54, 1.807) is 52.0 Å². The van der Waals surface area contributed by atoms with Crippen molar-refractivity contribution in [3.63, 3.8) is 0 Å². The van der Waals surface area contributed by atoms with E-state index < -0.39 is 5.54 Å². The number of ether oxygens (including phenoxy) is 4. The molecule has 0 unspecified atom stereocenters. The minimum absolute atomic E-state index is 0.177. The number of rotatable bonds is 6. The van der Waals surface area contributed by atoms with Crippen LogP contribution in [0.1, 0.15) is 43.2 Å². The highest BCUT2D eigenvalue weighted by Gasteiger charge is 2.54. The zero-order chi connectivity index (χ0) is 43.6. The Morgan fingerprint density at radius 2 is 0.875 bits per heavy atom. The first-order valence-electron chi connectivity index (χ1n) is 21.3. The van der Waals surface area contributed by atoms with Gasteiger partial charge in [0.2, 0.25) is 0 Å². The predicted octanol–water partition coefficient (Wildman–Crippen LogP) is 13.9. The maximum Gasteiger partial charge on any atom is 0.140 e. The van der Waals surface area contributed by atoms with Gasteiger partial charge in [0.05, 0.1) is 62.6 Å². The first-order chi connectivity index (χ1) is 31.1. The second-order valence-corrected chi connectivity index (χ2v) is 19.7. The Hall–Kier alpha value is -6.75. The molecular formula is C54H44N4O4S2. The molecule has 8 nitrogen and oxygen atoms in total. The lowest BCUT2D eigenvalue weighted by Gasteiger charge is -2.36. The second-order valence-electron chi connectivity index (χ2n) is 17.5. The molecule has 4 heterocycles. The van der Waals surface area contributed by atoms with E-state index in [2.05, 4.69) is 151 Å². The molecule has 4 aliphatic rings. The molecule has 0 bridgehead atoms. The van der Waals surface area contributed by atoms with Crippen molar-refractivity contribution in [1.29, 1.82) is 0 Å². The van der Waals surface area contributed by atoms with E-state index in [-0.39, 0.29) is 5.41 Å². The number of hydrogen-bond donors (Lipinski definition) is 0. The van der Waals surface area contributed by atoms with Crippen LogP contribution < -0.4 is 28.7 Å². The third-order valence-electron chi connectivity index (χ3n) is 13.1. The summed E-state index contributed by atoms with van der Waals surface area (Å²) in [4.78, 5) is 9.19. The summed E-state index contributed by atoms with van der Waals surface area (Å²) in [5, 5.41) is 5.64. The fraction of sp³-hybridized carbons (Fsp3) is 0.167. The van der Waals surface area contributed by atoms with Crippen LogP contribution in [0.5, 0.6) is 23.0 Å². The van der Waals surface area contributed by atoms with Gasteiger partial charge in [-0.15, -0.1) is 0 Å². The number of benzene rings is 7. The summed E-state index contributed by atoms with van der Waals surface area (Å²) in [5.41, 5.74) is 14.8. The van der Waals surface area contributed by atoms with Gasteiger partial charge in [-0.05, 0) is 131 Å². The van der Waals surface area contributed by atoms with E-state index in [4.69, 9.17) is 24.0 Å². The van der Waals surface area contributed by atoms with Crippen LogP contribution in [0.15, 0.2) is 159 Å². The Morgan fingerprint density at radius 1 is 0.453 bits per heavy atom. The first-order valence-corrected chi connectivity index (χ1v) is 22.9. The fourth-order valence-electron chi connectivity index (χ4n) is 10.0. The lowest BCUT2D eigenvalue weighted by atomic mass is 9.80. The predicted molar refractivity (Wildman–Crippen MR) is 257 cm³/mol. The summed E-state index contributed by atoms with van der Waals surface area (Å²) >= 11 is 3.47. The molecule has 0 N–H and O–H groups in total. The lowest BCUT2D eigenvalue weighted by molar-refractivity contribution is 0.413. The van der Waals surface area contributed by atoms with Crippen LogP contribution in [-0.4, -0.2) is 38.2 Å². The Bertz CT molecular complexity index is 2990. The summed E-state index contributed by atoms with van der Waals surface area (Å²) in [5.74, 6) is 3.26. The minimum atomic E-state index is -0.794. The molecule has 64 heavy (non-hydrogen) atoms. The number of fused-ring (bicyclic) bond motifs is 14. The van der Waals surface area contributed by atoms with Crippen LogP contribution in [0.4, 0.5) is 34.1 Å². The molecule has 7 aromatic carbocycles. The van der Waals surface area contributed by atoms with Crippen molar-refractivity contribution < 1.29 is 18.9 Å². The van der Waals surface area contributed by atoms with Crippen molar-refractivity contribution in [2.75, 3.05) is 38.2 Å². The maximum atomic E-state index is 5.74. The molecule has 0 radical (unpaired) electrons. The molecule has 0 amide bonds. The zero-order valence-electron chi connectivity index (χ0n) is 36.5. The van der Waals surface area contributed by atoms with Gasteiger partial charge >= 0.3 is 0 Å². The lowest BCUT2D eigenvalue weighted by Crippen LogP contribution is -2.34. The van der Waals surface area contributed by atoms with Gasteiger partial charge in [-0.2, -0.15) is 5.10 Å². The van der Waals surface area contributed by atoms with E-state index in [1.807, 2.05) is 24.3 Å². The van der Waals surface area contributed by atoms with E-state index in [1.165, 1.54) is 33.4 Å². The van der Waals surface area contributed by atoms with Gasteiger partial charge in [-0.25, -0.2) is 4.68 Å². The molecule has 8 aromatic rings. The zero-order valence-corrected chi connectivity index (χ0v) is 38.2. The standard InChI is InChI=1S/C54H44N4O4S2/c1-53(2,3)52-30-47-39-10-8-9-11-40(39)54(58(47)55-52)41-24-31(56-43-20-14-33(59-4)26-48(43)63-49-27-34(60-5)15-21-44(49)56)12-18-37(41)38-19-13-32(25-42(38)54)57-45-22-16-35(61-6)28-50(45)64-51-29-36(62-7)17-23-46(51)57/h8-30H,1-7H3. The topological polar surface area (TPSA) is 61.2 Å². The number of methoxy groups -OCH3 is 4. The molecule has 1 spiro atoms. The fourth-order valence-corrected chi connectivity index (χ4v) is 12.2. The molecule has 3 aliphatic heterocycles. The van der Waals surface area contributed by atoms with Gasteiger partial charge in [0.1, 0.15) is 28.5 Å². The average Bonchev–Trinajstić information content (AvgIpc) is 3.98. The SMILES string of the molecule is COc1ccc2c(c1)Sc1cc(OC)ccc1N2c1ccc2c(c1)C1(c3cc(N4c5ccc(OC)cc5Sc5cc(OC)ccc54)ccc3-2)c2ccccc2-c2cc(C(C)(C)C)nn21. The quantitative estimate of drug-likeness (QED) is 0.162. The summed E-state index contributed by atoms with van der Waals surface area (Å²) < 4.78 is 25.3. The molecular weight excluding hydrogens is 833 g/mol. The molecule has 316 valence electrons. The van der Waals surface area contributed by atoms with E-state index in [0.29, 0.717) is 0 Å². The molecule has 0 saturated heterocycles. The van der Waals surface area contributed by atoms with Crippen LogP contribution in [0.25, 0.3) is 22.4 Å². The number of aromatic nitrogens is 2. The smallest absolute Gasteiger partial charge is 0.140 e. The molecule has 0 fully saturated rings. The van der Waals surface area contributed by atoms with Crippen molar-refractivity contribution in [2.45, 2.75) is 51.3 Å². The third-order valence-corrected chi connectivity index (χ3v) is 15.2. The van der Waals surface area contributed by atoms with Crippen LogP contribution in [0.3, 0.4) is 0 Å². The number of nitrogens with zero attached hydrogens (tertiary/aromatic N) is 4. The summed E-state index contributed by atoms with van der Waals surface area (Å²) in [7, 11) is 6.88. The van der Waals surface area contributed by atoms with Crippen molar-refractivity contribution in [3.05, 3.63) is 162 Å². The molecule has 0 atom stereocenters. The van der Waals surface area contributed by atoms with Crippen LogP contribution in [0, 0.1) is 0 Å². The van der Waals surface area contributed by atoms with Crippen LogP contribution in [-0.2, 0) is 11.0 Å². The monoisotopic (exact) mass is 876 g/mol. The molecule has 1 aliphatic carbocycles. The van der Waals surface area contributed by atoms with Crippen molar-refractivity contribution in [1.82, 2.24) is 9.78 Å². The minimum Gasteiger partial charge on any atom is -0.497 e. The van der Waals surface area contributed by atoms with Gasteiger partial charge in [0, 0.05) is 41.9 Å². The molecule has 10 heteroatoms. The third kappa shape index (κ3) is 5.48. The Morgan fingerprint density at radius 3 is 1.28 bits per heavy atom. The first kappa shape index (κ1) is 38.9. The normalized spacial score (nSPS) is 14.4. The highest BCUT2D eigenvalue weighted by Crippen LogP contribution is 2.63. The number of anilines is 6. The summed E-state index contributed by atoms with van der Waals surface area (Å²) in [6.45, 7) is 6.74. The average molecular weight is 877 g/mol. The van der Waals surface area contributed by atoms with Crippen LogP contribution in [0.2, 0.25) is 0 Å². The summed E-state index contributed by atoms with van der Waals surface area (Å²) in [6, 6.07) is 50.6. The summed E-state index contributed by atoms with van der Waals surface area (Å²) in [6.07, 6.45) is 0. The van der Waals surface area contributed by atoms with Crippen molar-refractivity contribution in [2.24, 2.45) is 0 Å². The molecule has 0 saturated carbocycles. The number of hydrogen-bond acceptors (Lipinski definition) is 9. The largest absolute Gasteiger partial charge is 0.497 e. The van der Waals surface area contributed by atoms with Gasteiger partial charge < -0.3 is 28.7 Å². The van der Waals surface area contributed by atoms with Gasteiger partial charge in [-0.1, -0.05) is 80.7 Å². The van der Waals surface area contributed by atoms with E-state index in [9.17, 15) is 0 Å². The van der Waals surface area contributed by atoms with Gasteiger partial charge in [0.15, 0.2) is 0 Å². The highest BCUT2D eigenvalue weighted by molar-refractivity contribution is 8.00. The Kier molecular flexibility index (Phi) is 8.58. The van der Waals surface area contributed by atoms with Crippen LogP contribution >= 0.6 is 23.5 Å². The molecule has 12 rings (SSSR count). The highest BCUT2D eigenvalue weighted by atomic mass is 32.2. The van der Waals surface area contributed by atoms with Gasteiger partial charge in [-0.3, -0.25) is 0 Å². The Balaban J connectivity index is 1.13. The second kappa shape index (κ2) is 14.1. The molecule has 1 aromatic heterocycles. The van der Waals surface area contributed by atoms with E-state index in [0.717, 1.165) is 88.1 Å². The van der Waals surface area contributed by atoms with E-state index >= 15 is 0 Å². The van der Waals surface area contributed by atoms with Gasteiger partial charge in [0.25, 0.3) is 0 Å². The van der Waals surface area contributed by atoms with Crippen molar-refractivity contribution >= 4 is 57.6 Å². The Labute approximate surface area is 381 Å².